The van der Waals surface area contributed by atoms with Crippen LogP contribution in [0.5, 0.6) is 0 Å². The topological polar surface area (TPSA) is 21.8 Å². The smallest absolute Gasteiger partial charge is 0.0195 e. The molecule has 0 aromatic rings. The highest BCUT2D eigenvalue weighted by Gasteiger charge is 2.21. The number of hydrogen-bond donors (Lipinski definition) is 1. The lowest BCUT2D eigenvalue weighted by Gasteiger charge is -2.37. The third-order valence-corrected chi connectivity index (χ3v) is 4.64. The first-order chi connectivity index (χ1) is 9.15. The quantitative estimate of drug-likeness (QED) is 0.786. The van der Waals surface area contributed by atoms with E-state index in [-0.39, 0.29) is 0 Å². The Bertz CT molecular complexity index is 253. The molecule has 0 aromatic heterocycles. The standard InChI is InChI=1S/C15H32N4/c1-14(19-9-6-16-7-10-19)11-18(3)13-15-5-4-8-17(2)12-15/h14-16H,4-13H2,1-3H3. The molecule has 112 valence electrons. The summed E-state index contributed by atoms with van der Waals surface area (Å²) in [5, 5.41) is 3.43. The van der Waals surface area contributed by atoms with Crippen LogP contribution in [0, 0.1) is 5.92 Å². The fourth-order valence-corrected chi connectivity index (χ4v) is 3.63. The van der Waals surface area contributed by atoms with Crippen LogP contribution in [0.25, 0.3) is 0 Å². The molecule has 2 saturated heterocycles. The van der Waals surface area contributed by atoms with Crippen LogP contribution in [0.2, 0.25) is 0 Å². The van der Waals surface area contributed by atoms with Crippen molar-refractivity contribution in [3.63, 3.8) is 0 Å². The lowest BCUT2D eigenvalue weighted by Crippen LogP contribution is -2.51. The van der Waals surface area contributed by atoms with E-state index in [4.69, 9.17) is 0 Å². The molecule has 1 N–H and O–H groups in total. The lowest BCUT2D eigenvalue weighted by atomic mass is 9.98. The summed E-state index contributed by atoms with van der Waals surface area (Å²) < 4.78 is 0. The molecular weight excluding hydrogens is 236 g/mol. The average molecular weight is 268 g/mol. The maximum absolute atomic E-state index is 3.43. The van der Waals surface area contributed by atoms with Gasteiger partial charge in [-0.25, -0.2) is 0 Å². The largest absolute Gasteiger partial charge is 0.314 e. The fourth-order valence-electron chi connectivity index (χ4n) is 3.63. The Morgan fingerprint density at radius 1 is 1.26 bits per heavy atom. The minimum absolute atomic E-state index is 0.688. The summed E-state index contributed by atoms with van der Waals surface area (Å²) >= 11 is 0. The van der Waals surface area contributed by atoms with Crippen molar-refractivity contribution in [3.8, 4) is 0 Å². The Labute approximate surface area is 119 Å². The van der Waals surface area contributed by atoms with Crippen LogP contribution in [0.15, 0.2) is 0 Å². The molecule has 2 fully saturated rings. The maximum Gasteiger partial charge on any atom is 0.0195 e. The minimum atomic E-state index is 0.688. The summed E-state index contributed by atoms with van der Waals surface area (Å²) in [6.07, 6.45) is 2.79. The van der Waals surface area contributed by atoms with E-state index in [0.717, 1.165) is 19.0 Å². The van der Waals surface area contributed by atoms with E-state index in [1.807, 2.05) is 0 Å². The van der Waals surface area contributed by atoms with Crippen LogP contribution < -0.4 is 5.32 Å². The van der Waals surface area contributed by atoms with Crippen molar-refractivity contribution in [2.45, 2.75) is 25.8 Å². The minimum Gasteiger partial charge on any atom is -0.314 e. The van der Waals surface area contributed by atoms with Gasteiger partial charge in [-0.15, -0.1) is 0 Å². The van der Waals surface area contributed by atoms with Crippen molar-refractivity contribution in [3.05, 3.63) is 0 Å². The van der Waals surface area contributed by atoms with Crippen molar-refractivity contribution in [2.75, 3.05) is 66.5 Å². The predicted molar refractivity (Wildman–Crippen MR) is 81.6 cm³/mol. The number of piperidine rings is 1. The van der Waals surface area contributed by atoms with Gasteiger partial charge in [0.05, 0.1) is 0 Å². The van der Waals surface area contributed by atoms with Crippen LogP contribution in [-0.2, 0) is 0 Å². The molecule has 0 aromatic carbocycles. The molecule has 2 rings (SSSR count). The molecule has 2 heterocycles. The second-order valence-corrected chi connectivity index (χ2v) is 6.63. The van der Waals surface area contributed by atoms with E-state index in [1.165, 1.54) is 52.1 Å². The maximum atomic E-state index is 3.43. The Morgan fingerprint density at radius 2 is 2.00 bits per heavy atom. The number of likely N-dealkylation sites (N-methyl/N-ethyl adjacent to an activating group) is 1. The molecule has 4 nitrogen and oxygen atoms in total. The van der Waals surface area contributed by atoms with Gasteiger partial charge in [-0.2, -0.15) is 0 Å². The van der Waals surface area contributed by atoms with Crippen LogP contribution in [0.1, 0.15) is 19.8 Å². The van der Waals surface area contributed by atoms with Gasteiger partial charge < -0.3 is 15.1 Å². The molecule has 0 saturated carbocycles. The zero-order valence-corrected chi connectivity index (χ0v) is 13.1. The molecule has 0 amide bonds. The summed E-state index contributed by atoms with van der Waals surface area (Å²) in [5.74, 6) is 0.874. The number of likely N-dealkylation sites (tertiary alicyclic amines) is 1. The molecule has 2 aliphatic rings. The van der Waals surface area contributed by atoms with E-state index < -0.39 is 0 Å². The summed E-state index contributed by atoms with van der Waals surface area (Å²) in [4.78, 5) is 7.66. The number of nitrogens with one attached hydrogen (secondary N) is 1. The third kappa shape index (κ3) is 5.03. The van der Waals surface area contributed by atoms with Gasteiger partial charge in [0.15, 0.2) is 0 Å². The van der Waals surface area contributed by atoms with Gasteiger partial charge in [0, 0.05) is 51.9 Å². The van der Waals surface area contributed by atoms with Crippen molar-refractivity contribution in [1.29, 1.82) is 0 Å². The van der Waals surface area contributed by atoms with Crippen LogP contribution in [-0.4, -0.2) is 87.2 Å². The highest BCUT2D eigenvalue weighted by atomic mass is 15.2. The molecule has 19 heavy (non-hydrogen) atoms. The number of rotatable bonds is 5. The predicted octanol–water partition coefficient (Wildman–Crippen LogP) is 0.554. The molecule has 0 radical (unpaired) electrons. The van der Waals surface area contributed by atoms with E-state index in [9.17, 15) is 0 Å². The van der Waals surface area contributed by atoms with E-state index >= 15 is 0 Å². The van der Waals surface area contributed by atoms with Crippen molar-refractivity contribution in [1.82, 2.24) is 20.0 Å². The zero-order valence-electron chi connectivity index (χ0n) is 13.1. The summed E-state index contributed by atoms with van der Waals surface area (Å²) in [7, 11) is 4.56. The van der Waals surface area contributed by atoms with E-state index in [1.54, 1.807) is 0 Å². The molecule has 0 spiro atoms. The Balaban J connectivity index is 1.69. The van der Waals surface area contributed by atoms with Gasteiger partial charge in [-0.3, -0.25) is 4.90 Å². The highest BCUT2D eigenvalue weighted by molar-refractivity contribution is 4.78. The fraction of sp³-hybridized carbons (Fsp3) is 1.00. The first-order valence-corrected chi connectivity index (χ1v) is 7.97. The number of nitrogens with zero attached hydrogens (tertiary/aromatic N) is 3. The normalized spacial score (nSPS) is 28.7. The highest BCUT2D eigenvalue weighted by Crippen LogP contribution is 2.16. The number of piperazine rings is 1. The number of hydrogen-bond acceptors (Lipinski definition) is 4. The zero-order chi connectivity index (χ0) is 13.7. The summed E-state index contributed by atoms with van der Waals surface area (Å²) in [6.45, 7) is 12.2. The Kier molecular flexibility index (Phi) is 6.07. The Hall–Kier alpha value is -0.160. The van der Waals surface area contributed by atoms with Crippen LogP contribution in [0.3, 0.4) is 0 Å². The van der Waals surface area contributed by atoms with Gasteiger partial charge in [-0.1, -0.05) is 0 Å². The van der Waals surface area contributed by atoms with Gasteiger partial charge in [0.25, 0.3) is 0 Å². The first kappa shape index (κ1) is 15.2. The molecular formula is C15H32N4. The molecule has 2 aliphatic heterocycles. The van der Waals surface area contributed by atoms with Crippen molar-refractivity contribution >= 4 is 0 Å². The summed E-state index contributed by atoms with van der Waals surface area (Å²) in [6, 6.07) is 0.688. The van der Waals surface area contributed by atoms with Crippen LogP contribution in [0.4, 0.5) is 0 Å². The molecule has 0 bridgehead atoms. The average Bonchev–Trinajstić information content (AvgIpc) is 2.39. The molecule has 0 aliphatic carbocycles. The third-order valence-electron chi connectivity index (χ3n) is 4.64. The van der Waals surface area contributed by atoms with Crippen LogP contribution >= 0.6 is 0 Å². The summed E-state index contributed by atoms with van der Waals surface area (Å²) in [5.41, 5.74) is 0. The Morgan fingerprint density at radius 3 is 2.68 bits per heavy atom. The van der Waals surface area contributed by atoms with Gasteiger partial charge in [0.1, 0.15) is 0 Å². The van der Waals surface area contributed by atoms with Crippen molar-refractivity contribution in [2.24, 2.45) is 5.92 Å². The van der Waals surface area contributed by atoms with E-state index in [2.05, 4.69) is 41.0 Å². The monoisotopic (exact) mass is 268 g/mol. The van der Waals surface area contributed by atoms with Crippen molar-refractivity contribution < 1.29 is 0 Å². The molecule has 4 heteroatoms. The lowest BCUT2D eigenvalue weighted by molar-refractivity contribution is 0.121. The van der Waals surface area contributed by atoms with Gasteiger partial charge in [0.2, 0.25) is 0 Å². The molecule has 2 atom stereocenters. The SMILES string of the molecule is CC(CN(C)CC1CCCN(C)C1)N1CCNCC1. The second kappa shape index (κ2) is 7.58. The second-order valence-electron chi connectivity index (χ2n) is 6.63. The first-order valence-electron chi connectivity index (χ1n) is 7.97. The van der Waals surface area contributed by atoms with E-state index in [0.29, 0.717) is 6.04 Å². The van der Waals surface area contributed by atoms with Gasteiger partial charge >= 0.3 is 0 Å². The van der Waals surface area contributed by atoms with Gasteiger partial charge in [-0.05, 0) is 46.3 Å². The molecule has 2 unspecified atom stereocenters.